The number of ether oxygens (including phenoxy) is 1. The summed E-state index contributed by atoms with van der Waals surface area (Å²) >= 11 is 0. The Kier molecular flexibility index (Phi) is 20.4. The number of carbonyl (C=O) groups is 8. The van der Waals surface area contributed by atoms with Gasteiger partial charge in [0.25, 0.3) is 33.7 Å². The van der Waals surface area contributed by atoms with Crippen molar-refractivity contribution in [3.8, 4) is 5.75 Å². The highest BCUT2D eigenvalue weighted by atomic mass is 32.2. The molecule has 1 saturated heterocycles. The van der Waals surface area contributed by atoms with Crippen molar-refractivity contribution in [3.63, 3.8) is 0 Å². The van der Waals surface area contributed by atoms with Gasteiger partial charge in [0.2, 0.25) is 11.8 Å². The van der Waals surface area contributed by atoms with Gasteiger partial charge in [-0.25, -0.2) is 9.78 Å². The smallest absolute Gasteiger partial charge is 0.471 e. The van der Waals surface area contributed by atoms with Gasteiger partial charge in [-0.3, -0.25) is 53.8 Å². The fourth-order valence-electron chi connectivity index (χ4n) is 5.91. The molecule has 1 aliphatic heterocycles. The van der Waals surface area contributed by atoms with Crippen molar-refractivity contribution in [1.29, 1.82) is 0 Å². The minimum atomic E-state index is -5.25. The molecule has 0 aliphatic carbocycles. The second-order valence-electron chi connectivity index (χ2n) is 15.2. The number of nitrogens with one attached hydrogen (secondary N) is 8. The van der Waals surface area contributed by atoms with E-state index in [2.05, 4.69) is 47.1 Å². The number of carboxylic acid groups (broad SMARTS) is 1. The van der Waals surface area contributed by atoms with E-state index in [4.69, 9.17) is 10.5 Å². The first-order chi connectivity index (χ1) is 34.4. The van der Waals surface area contributed by atoms with Gasteiger partial charge in [0.05, 0.1) is 31.0 Å². The highest BCUT2D eigenvalue weighted by Crippen LogP contribution is 2.17. The van der Waals surface area contributed by atoms with Gasteiger partial charge in [-0.15, -0.1) is 0 Å². The Morgan fingerprint density at radius 1 is 0.945 bits per heavy atom. The van der Waals surface area contributed by atoms with Crippen molar-refractivity contribution in [2.24, 2.45) is 15.8 Å². The first kappa shape index (κ1) is 56.6. The van der Waals surface area contributed by atoms with E-state index in [0.717, 1.165) is 6.08 Å². The van der Waals surface area contributed by atoms with E-state index in [1.807, 2.05) is 5.32 Å². The third-order valence-corrected chi connectivity index (χ3v) is 10.3. The van der Waals surface area contributed by atoms with Crippen LogP contribution in [0.3, 0.4) is 0 Å². The van der Waals surface area contributed by atoms with Gasteiger partial charge in [-0.1, -0.05) is 36.4 Å². The van der Waals surface area contributed by atoms with Gasteiger partial charge < -0.3 is 47.5 Å². The van der Waals surface area contributed by atoms with Crippen LogP contribution in [0.25, 0.3) is 0 Å². The Morgan fingerprint density at radius 3 is 2.30 bits per heavy atom. The maximum atomic E-state index is 13.9. The third kappa shape index (κ3) is 18.7. The number of amides is 7. The van der Waals surface area contributed by atoms with E-state index in [0.29, 0.717) is 23.8 Å². The molecule has 7 amide bonds. The summed E-state index contributed by atoms with van der Waals surface area (Å²) in [5.74, 6) is -10.3. The number of allylic oxidation sites excluding steroid dienone is 1. The van der Waals surface area contributed by atoms with Crippen LogP contribution in [0.5, 0.6) is 5.75 Å². The number of rotatable bonds is 16. The molecule has 0 saturated carbocycles. The number of aliphatic imine (C=N–C) groups is 1. The van der Waals surface area contributed by atoms with Crippen LogP contribution in [-0.4, -0.2) is 121 Å². The molecule has 0 radical (unpaired) electrons. The second-order valence-corrected chi connectivity index (χ2v) is 16.6. The van der Waals surface area contributed by atoms with E-state index in [-0.39, 0.29) is 53.4 Å². The number of aliphatic carboxylic acids is 1. The lowest BCUT2D eigenvalue weighted by Crippen LogP contribution is -2.51. The zero-order valence-electron chi connectivity index (χ0n) is 38.5. The van der Waals surface area contributed by atoms with Crippen molar-refractivity contribution < 1.29 is 74.3 Å². The molecule has 29 heteroatoms. The number of carboxylic acids is 1. The predicted molar refractivity (Wildman–Crippen MR) is 251 cm³/mol. The molecule has 3 aromatic rings. The van der Waals surface area contributed by atoms with E-state index < -0.39 is 106 Å². The molecule has 1 aliphatic rings. The number of carbonyl (C=O) groups excluding carboxylic acids is 7. The molecule has 1 atom stereocenters. The SMILES string of the molecule is CC(C)=C1NC(=O)[C@@H](Cc2ccc(OCCCNC(=O)c3ccc(N/N=C/c4ccccc4S(=O)(=O)O)nc3)cc2)NC(=O)/C(=C\C(=O)O)NC(=O)CNC(=O)/C(=C/CCN=C(N)NC(=O)C(F)(F)F)NC1=O. The summed E-state index contributed by atoms with van der Waals surface area (Å²) in [7, 11) is -4.47. The monoisotopic (exact) mass is 1040 g/mol. The molecule has 0 unspecified atom stereocenters. The normalized spacial score (nSPS) is 16.5. The van der Waals surface area contributed by atoms with E-state index in [1.54, 1.807) is 30.3 Å². The van der Waals surface area contributed by atoms with E-state index in [9.17, 15) is 69.6 Å². The van der Waals surface area contributed by atoms with Crippen LogP contribution in [0, 0.1) is 0 Å². The Bertz CT molecular complexity index is 2870. The number of alkyl halides is 3. The van der Waals surface area contributed by atoms with Crippen LogP contribution < -0.4 is 53.1 Å². The summed E-state index contributed by atoms with van der Waals surface area (Å²) in [4.78, 5) is 110. The molecule has 25 nitrogen and oxygen atoms in total. The number of anilines is 1. The highest BCUT2D eigenvalue weighted by molar-refractivity contribution is 7.86. The topological polar surface area (TPSA) is 380 Å². The van der Waals surface area contributed by atoms with Crippen LogP contribution >= 0.6 is 0 Å². The minimum Gasteiger partial charge on any atom is -0.494 e. The van der Waals surface area contributed by atoms with Gasteiger partial charge in [-0.2, -0.15) is 26.7 Å². The average molecular weight is 1040 g/mol. The van der Waals surface area contributed by atoms with Crippen molar-refractivity contribution in [2.75, 3.05) is 31.7 Å². The number of pyridine rings is 1. The van der Waals surface area contributed by atoms with E-state index in [1.165, 1.54) is 61.9 Å². The number of hydrazone groups is 1. The molecule has 1 aromatic heterocycles. The standard InChI is InChI=1S/C44H47F3N12O13S/c1-24(2)36-41(67)55-29(8-5-16-50-43(48)58-42(68)44(45,46)47)38(64)52-23-34(60)54-31(20-35(61)62)39(65)56-30(40(66)57-36)19-25-10-13-28(14-11-25)72-18-6-17-49-37(63)27-12-15-33(51-21-27)59-53-22-26-7-3-4-9-32(26)73(69,70)71/h3-4,7-15,20-22,30H,5-6,16-19,23H2,1-2H3,(H,49,63)(H,51,59)(H,52,64)(H,54,60)(H,55,67)(H,56,65)(H,57,66)(H,61,62)(H,69,70,71)(H3,48,50,58,68)/b29-8-,31-20+,53-22+/t30-/m1/s1. The summed E-state index contributed by atoms with van der Waals surface area (Å²) in [6.45, 7) is 1.88. The quantitative estimate of drug-likeness (QED) is 0.0225. The van der Waals surface area contributed by atoms with Crippen molar-refractivity contribution in [3.05, 3.63) is 118 Å². The number of hydrogen-bond acceptors (Lipinski definition) is 15. The number of halogens is 3. The molecule has 4 rings (SSSR count). The number of aromatic nitrogens is 1. The largest absolute Gasteiger partial charge is 0.494 e. The highest BCUT2D eigenvalue weighted by Gasteiger charge is 2.39. The van der Waals surface area contributed by atoms with Crippen LogP contribution in [0.4, 0.5) is 19.0 Å². The number of nitrogens with zero attached hydrogens (tertiary/aromatic N) is 3. The Balaban J connectivity index is 1.39. The first-order valence-electron chi connectivity index (χ1n) is 21.2. The average Bonchev–Trinajstić information content (AvgIpc) is 3.32. The molecule has 2 heterocycles. The Hall–Kier alpha value is -8.99. The lowest BCUT2D eigenvalue weighted by atomic mass is 10.0. The summed E-state index contributed by atoms with van der Waals surface area (Å²) in [6.07, 6.45) is -1.61. The number of nitrogens with two attached hydrogens (primary N) is 1. The molecule has 73 heavy (non-hydrogen) atoms. The molecule has 12 N–H and O–H groups in total. The molecule has 0 bridgehead atoms. The summed E-state index contributed by atoms with van der Waals surface area (Å²) in [5.41, 5.74) is 7.10. The first-order valence-corrected chi connectivity index (χ1v) is 22.7. The van der Waals surface area contributed by atoms with Gasteiger partial charge in [0, 0.05) is 31.3 Å². The van der Waals surface area contributed by atoms with Gasteiger partial charge in [-0.05, 0) is 68.2 Å². The lowest BCUT2D eigenvalue weighted by Gasteiger charge is -2.21. The lowest BCUT2D eigenvalue weighted by molar-refractivity contribution is -0.171. The summed E-state index contributed by atoms with van der Waals surface area (Å²) in [6, 6.07) is 13.2. The number of guanidine groups is 1. The maximum Gasteiger partial charge on any atom is 0.471 e. The van der Waals surface area contributed by atoms with Crippen LogP contribution in [0.15, 0.2) is 117 Å². The molecule has 2 aromatic carbocycles. The second kappa shape index (κ2) is 26.3. The summed E-state index contributed by atoms with van der Waals surface area (Å²) in [5, 5.41) is 28.7. The van der Waals surface area contributed by atoms with Crippen molar-refractivity contribution in [1.82, 2.24) is 42.2 Å². The third-order valence-electron chi connectivity index (χ3n) is 9.39. The zero-order valence-corrected chi connectivity index (χ0v) is 39.3. The van der Waals surface area contributed by atoms with Crippen molar-refractivity contribution >= 4 is 75.4 Å². The minimum absolute atomic E-state index is 0.128. The fourth-order valence-corrected chi connectivity index (χ4v) is 6.58. The molecule has 1 fully saturated rings. The van der Waals surface area contributed by atoms with Crippen LogP contribution in [0.1, 0.15) is 48.2 Å². The van der Waals surface area contributed by atoms with Gasteiger partial charge >= 0.3 is 18.1 Å². The fraction of sp³-hybridized carbons (Fsp3) is 0.250. The van der Waals surface area contributed by atoms with Gasteiger partial charge in [0.15, 0.2) is 5.96 Å². The predicted octanol–water partition coefficient (Wildman–Crippen LogP) is 0.00850. The summed E-state index contributed by atoms with van der Waals surface area (Å²) < 4.78 is 76.0. The molecule has 0 spiro atoms. The van der Waals surface area contributed by atoms with E-state index >= 15 is 0 Å². The number of benzene rings is 2. The Morgan fingerprint density at radius 2 is 1.66 bits per heavy atom. The molecular formula is C44H47F3N12O13S. The van der Waals surface area contributed by atoms with Crippen LogP contribution in [-0.2, 0) is 50.1 Å². The van der Waals surface area contributed by atoms with Crippen LogP contribution in [0.2, 0.25) is 0 Å². The van der Waals surface area contributed by atoms with Gasteiger partial charge in [0.1, 0.15) is 39.6 Å². The Labute approximate surface area is 412 Å². The molecular weight excluding hydrogens is 994 g/mol. The van der Waals surface area contributed by atoms with Crippen molar-refractivity contribution in [2.45, 2.75) is 50.2 Å². The zero-order chi connectivity index (χ0) is 53.9. The maximum absolute atomic E-state index is 13.9. The number of hydrogen-bond donors (Lipinski definition) is 11. The molecule has 388 valence electrons.